The molecule has 0 saturated heterocycles. The minimum atomic E-state index is -3.14. The zero-order valence-corrected chi connectivity index (χ0v) is 23.3. The molecule has 3 heterocycles. The molecule has 2 N–H and O–H groups in total. The zero-order valence-electron chi connectivity index (χ0n) is 20.9. The smallest absolute Gasteiger partial charge is 0.407 e. The molecule has 3 aromatic heterocycles. The van der Waals surface area contributed by atoms with Gasteiger partial charge in [0.15, 0.2) is 5.65 Å². The Morgan fingerprint density at radius 1 is 1.26 bits per heavy atom. The number of benzene rings is 1. The number of anilines is 1. The quantitative estimate of drug-likeness (QED) is 0.269. The van der Waals surface area contributed by atoms with Crippen LogP contribution in [-0.4, -0.2) is 55.1 Å². The van der Waals surface area contributed by atoms with Gasteiger partial charge < -0.3 is 20.1 Å². The summed E-state index contributed by atoms with van der Waals surface area (Å²) in [7, 11) is 0. The van der Waals surface area contributed by atoms with Crippen molar-refractivity contribution >= 4 is 50.9 Å². The van der Waals surface area contributed by atoms with Crippen LogP contribution in [0.3, 0.4) is 0 Å². The number of carbonyl (C=O) groups is 2. The fraction of sp³-hybridized carbons (Fsp3) is 0.292. The Bertz CT molecular complexity index is 1520. The largest absolute Gasteiger partial charge is 0.444 e. The van der Waals surface area contributed by atoms with Gasteiger partial charge in [-0.3, -0.25) is 9.48 Å². The third-order valence-electron chi connectivity index (χ3n) is 5.04. The summed E-state index contributed by atoms with van der Waals surface area (Å²) in [5.74, 6) is -0.802. The molecule has 0 fully saturated rings. The van der Waals surface area contributed by atoms with Crippen LogP contribution in [-0.2, 0) is 11.3 Å². The molecule has 206 valence electrons. The lowest BCUT2D eigenvalue weighted by molar-refractivity contribution is -0.0494. The molecule has 0 atom stereocenters. The van der Waals surface area contributed by atoms with Gasteiger partial charge in [-0.2, -0.15) is 19.0 Å². The van der Waals surface area contributed by atoms with E-state index in [0.29, 0.717) is 10.1 Å². The Labute approximate surface area is 234 Å². The molecule has 11 nitrogen and oxygen atoms in total. The Kier molecular flexibility index (Phi) is 8.35. The first-order valence-corrected chi connectivity index (χ1v) is 12.7. The van der Waals surface area contributed by atoms with Gasteiger partial charge in [-0.25, -0.2) is 14.3 Å². The summed E-state index contributed by atoms with van der Waals surface area (Å²) in [6.45, 7) is 2.38. The molecule has 2 amide bonds. The summed E-state index contributed by atoms with van der Waals surface area (Å²) in [6, 6.07) is 4.34. The van der Waals surface area contributed by atoms with E-state index >= 15 is 0 Å². The van der Waals surface area contributed by atoms with Crippen molar-refractivity contribution in [1.82, 2.24) is 29.7 Å². The Morgan fingerprint density at radius 3 is 2.74 bits per heavy atom. The highest BCUT2D eigenvalue weighted by atomic mass is 79.9. The number of aromatic nitrogens is 5. The van der Waals surface area contributed by atoms with Crippen LogP contribution in [0.15, 0.2) is 47.5 Å². The van der Waals surface area contributed by atoms with Crippen molar-refractivity contribution in [2.75, 3.05) is 11.9 Å². The maximum Gasteiger partial charge on any atom is 0.407 e. The average Bonchev–Trinajstić information content (AvgIpc) is 3.44. The van der Waals surface area contributed by atoms with Crippen LogP contribution < -0.4 is 15.4 Å². The standard InChI is InChI=1S/C24H23BrClF2N7O4/c1-24(2,3)39-23(37)30-6-8-34-12-17(32-21(36)14-11-31-35-7-4-5-29-20(14)35)19(33-34)13-9-15(25)16(26)10-18(13)38-22(27)28/h4-5,7,9-12,22H,6,8H2,1-3H3,(H,30,37)(H,32,36). The summed E-state index contributed by atoms with van der Waals surface area (Å²) in [5, 5.41) is 14.1. The lowest BCUT2D eigenvalue weighted by Gasteiger charge is -2.19. The van der Waals surface area contributed by atoms with Gasteiger partial charge in [0.05, 0.1) is 23.5 Å². The first-order valence-electron chi connectivity index (χ1n) is 11.5. The van der Waals surface area contributed by atoms with E-state index < -0.39 is 24.2 Å². The highest BCUT2D eigenvalue weighted by molar-refractivity contribution is 9.10. The molecule has 4 rings (SSSR count). The van der Waals surface area contributed by atoms with Crippen molar-refractivity contribution in [3.63, 3.8) is 0 Å². The van der Waals surface area contributed by atoms with Crippen LogP contribution in [0.2, 0.25) is 5.02 Å². The van der Waals surface area contributed by atoms with Crippen LogP contribution in [0.5, 0.6) is 5.75 Å². The van der Waals surface area contributed by atoms with E-state index in [2.05, 4.69) is 41.7 Å². The summed E-state index contributed by atoms with van der Waals surface area (Å²) in [6.07, 6.45) is 5.40. The van der Waals surface area contributed by atoms with Crippen LogP contribution >= 0.6 is 27.5 Å². The fourth-order valence-corrected chi connectivity index (χ4v) is 3.99. The minimum absolute atomic E-state index is 0.123. The Morgan fingerprint density at radius 2 is 2.03 bits per heavy atom. The topological polar surface area (TPSA) is 125 Å². The molecule has 1 aromatic carbocycles. The number of nitrogens with zero attached hydrogens (tertiary/aromatic N) is 5. The lowest BCUT2D eigenvalue weighted by atomic mass is 10.1. The van der Waals surface area contributed by atoms with Crippen LogP contribution in [0.1, 0.15) is 31.1 Å². The second-order valence-corrected chi connectivity index (χ2v) is 10.4. The number of ether oxygens (including phenoxy) is 2. The Balaban J connectivity index is 1.67. The number of amides is 2. The first kappa shape index (κ1) is 28.2. The summed E-state index contributed by atoms with van der Waals surface area (Å²) in [4.78, 5) is 29.4. The maximum atomic E-state index is 13.2. The zero-order chi connectivity index (χ0) is 28.3. The number of rotatable bonds is 8. The van der Waals surface area contributed by atoms with E-state index in [0.717, 1.165) is 0 Å². The molecule has 15 heteroatoms. The molecule has 0 spiro atoms. The molecule has 0 radical (unpaired) electrons. The molecule has 0 aliphatic rings. The molecule has 0 saturated carbocycles. The average molecular weight is 627 g/mol. The SMILES string of the molecule is CC(C)(C)OC(=O)NCCn1cc(NC(=O)c2cnn3cccnc23)c(-c2cc(Br)c(Cl)cc2OC(F)F)n1. The van der Waals surface area contributed by atoms with Crippen LogP contribution in [0, 0.1) is 0 Å². The third-order valence-corrected chi connectivity index (χ3v) is 6.23. The number of hydrogen-bond acceptors (Lipinski definition) is 7. The summed E-state index contributed by atoms with van der Waals surface area (Å²) < 4.78 is 39.6. The molecule has 0 aliphatic carbocycles. The Hall–Kier alpha value is -3.78. The molecule has 4 aromatic rings. The van der Waals surface area contributed by atoms with E-state index in [4.69, 9.17) is 21.1 Å². The number of halogens is 4. The minimum Gasteiger partial charge on any atom is -0.444 e. The van der Waals surface area contributed by atoms with Crippen molar-refractivity contribution < 1.29 is 27.8 Å². The third kappa shape index (κ3) is 7.00. The van der Waals surface area contributed by atoms with Crippen molar-refractivity contribution in [1.29, 1.82) is 0 Å². The number of hydrogen-bond donors (Lipinski definition) is 2. The summed E-state index contributed by atoms with van der Waals surface area (Å²) >= 11 is 9.41. The van der Waals surface area contributed by atoms with Crippen molar-refractivity contribution in [3.05, 3.63) is 58.0 Å². The van der Waals surface area contributed by atoms with Gasteiger partial charge in [0.25, 0.3) is 5.91 Å². The summed E-state index contributed by atoms with van der Waals surface area (Å²) in [5.41, 5.74) is 0.276. The first-order chi connectivity index (χ1) is 18.4. The van der Waals surface area contributed by atoms with Gasteiger partial charge in [-0.1, -0.05) is 11.6 Å². The molecule has 0 bridgehead atoms. The van der Waals surface area contributed by atoms with E-state index in [1.807, 2.05) is 0 Å². The van der Waals surface area contributed by atoms with E-state index in [1.165, 1.54) is 39.9 Å². The lowest BCUT2D eigenvalue weighted by Crippen LogP contribution is -2.34. The molecular weight excluding hydrogens is 604 g/mol. The van der Waals surface area contributed by atoms with Crippen molar-refractivity contribution in [3.8, 4) is 17.0 Å². The van der Waals surface area contributed by atoms with Crippen molar-refractivity contribution in [2.45, 2.75) is 39.5 Å². The molecule has 39 heavy (non-hydrogen) atoms. The number of nitrogens with one attached hydrogen (secondary N) is 2. The van der Waals surface area contributed by atoms with E-state index in [1.54, 1.807) is 33.0 Å². The van der Waals surface area contributed by atoms with Gasteiger partial charge in [0, 0.05) is 41.2 Å². The molecule has 0 aliphatic heterocycles. The number of carbonyl (C=O) groups excluding carboxylic acids is 2. The van der Waals surface area contributed by atoms with Gasteiger partial charge in [0.1, 0.15) is 22.6 Å². The normalized spacial score (nSPS) is 11.6. The predicted molar refractivity (Wildman–Crippen MR) is 142 cm³/mol. The van der Waals surface area contributed by atoms with E-state index in [9.17, 15) is 18.4 Å². The van der Waals surface area contributed by atoms with Gasteiger partial charge in [-0.15, -0.1) is 0 Å². The van der Waals surface area contributed by atoms with Gasteiger partial charge in [0.2, 0.25) is 0 Å². The second-order valence-electron chi connectivity index (χ2n) is 9.12. The van der Waals surface area contributed by atoms with E-state index in [-0.39, 0.29) is 46.4 Å². The van der Waals surface area contributed by atoms with Crippen LogP contribution in [0.4, 0.5) is 19.3 Å². The fourth-order valence-electron chi connectivity index (χ4n) is 3.50. The highest BCUT2D eigenvalue weighted by Gasteiger charge is 2.23. The molecular formula is C24H23BrClF2N7O4. The number of alkyl halides is 2. The predicted octanol–water partition coefficient (Wildman–Crippen LogP) is 5.39. The monoisotopic (exact) mass is 625 g/mol. The van der Waals surface area contributed by atoms with Crippen LogP contribution in [0.25, 0.3) is 16.9 Å². The number of fused-ring (bicyclic) bond motifs is 1. The van der Waals surface area contributed by atoms with Gasteiger partial charge in [-0.05, 0) is 48.8 Å². The molecule has 0 unspecified atom stereocenters. The maximum absolute atomic E-state index is 13.2. The number of alkyl carbamates (subject to hydrolysis) is 1. The highest BCUT2D eigenvalue weighted by Crippen LogP contribution is 2.40. The van der Waals surface area contributed by atoms with Gasteiger partial charge >= 0.3 is 12.7 Å². The van der Waals surface area contributed by atoms with Crippen molar-refractivity contribution in [2.24, 2.45) is 0 Å². The second kappa shape index (κ2) is 11.5.